The number of para-hydroxylation sites is 2. The van der Waals surface area contributed by atoms with Crippen molar-refractivity contribution >= 4 is 29.3 Å². The van der Waals surface area contributed by atoms with Gasteiger partial charge in [0.05, 0.1) is 13.2 Å². The molecule has 33 heavy (non-hydrogen) atoms. The minimum atomic E-state index is -0.147. The molecular weight excluding hydrogens is 412 g/mol. The summed E-state index contributed by atoms with van der Waals surface area (Å²) in [7, 11) is 1.63. The van der Waals surface area contributed by atoms with Gasteiger partial charge in [-0.2, -0.15) is 0 Å². The molecule has 4 rings (SSSR count). The van der Waals surface area contributed by atoms with Crippen molar-refractivity contribution in [1.29, 1.82) is 0 Å². The summed E-state index contributed by atoms with van der Waals surface area (Å²) in [6, 6.07) is 24.9. The fraction of sp³-hybridized carbons (Fsp3) is 0.214. The minimum Gasteiger partial charge on any atom is -0.497 e. The van der Waals surface area contributed by atoms with Crippen molar-refractivity contribution in [3.63, 3.8) is 0 Å². The van der Waals surface area contributed by atoms with Crippen molar-refractivity contribution in [2.75, 3.05) is 16.9 Å². The minimum absolute atomic E-state index is 0.0209. The van der Waals surface area contributed by atoms with Gasteiger partial charge < -0.3 is 14.5 Å². The average Bonchev–Trinajstić information content (AvgIpc) is 2.83. The first-order chi connectivity index (χ1) is 16.0. The zero-order chi connectivity index (χ0) is 23.4. The molecule has 1 aliphatic rings. The Balaban J connectivity index is 1.66. The van der Waals surface area contributed by atoms with E-state index in [0.717, 1.165) is 28.3 Å². The summed E-state index contributed by atoms with van der Waals surface area (Å²) in [6.07, 6.45) is 4.07. The number of hydrogen-bond donors (Lipinski definition) is 0. The molecule has 5 heteroatoms. The molecule has 0 saturated carbocycles. The van der Waals surface area contributed by atoms with Gasteiger partial charge in [-0.15, -0.1) is 0 Å². The van der Waals surface area contributed by atoms with Crippen LogP contribution in [0.5, 0.6) is 5.75 Å². The summed E-state index contributed by atoms with van der Waals surface area (Å²) in [6.45, 7) is 3.63. The summed E-state index contributed by atoms with van der Waals surface area (Å²) in [4.78, 5) is 29.7. The van der Waals surface area contributed by atoms with Gasteiger partial charge in [0.1, 0.15) is 5.75 Å². The largest absolute Gasteiger partial charge is 0.497 e. The molecule has 0 aromatic heterocycles. The number of nitrogens with zero attached hydrogens (tertiary/aromatic N) is 2. The first-order valence-corrected chi connectivity index (χ1v) is 11.1. The Kier molecular flexibility index (Phi) is 6.59. The van der Waals surface area contributed by atoms with Crippen molar-refractivity contribution in [2.45, 2.75) is 32.4 Å². The molecule has 0 fully saturated rings. The molecule has 3 aromatic rings. The van der Waals surface area contributed by atoms with Crippen LogP contribution in [0.25, 0.3) is 6.08 Å². The second-order valence-corrected chi connectivity index (χ2v) is 8.20. The number of ether oxygens (including phenoxy) is 1. The first kappa shape index (κ1) is 22.3. The quantitative estimate of drug-likeness (QED) is 0.483. The first-order valence-electron chi connectivity index (χ1n) is 11.1. The number of benzene rings is 3. The molecule has 168 valence electrons. The van der Waals surface area contributed by atoms with Crippen molar-refractivity contribution in [1.82, 2.24) is 0 Å². The van der Waals surface area contributed by atoms with Crippen molar-refractivity contribution in [3.05, 3.63) is 96.1 Å². The average molecular weight is 441 g/mol. The Labute approximate surface area is 194 Å². The van der Waals surface area contributed by atoms with Gasteiger partial charge in [-0.3, -0.25) is 9.59 Å². The number of rotatable bonds is 5. The Hall–Kier alpha value is -3.86. The maximum atomic E-state index is 13.3. The van der Waals surface area contributed by atoms with Crippen LogP contribution in [-0.2, 0) is 9.59 Å². The van der Waals surface area contributed by atoms with E-state index in [0.29, 0.717) is 6.42 Å². The summed E-state index contributed by atoms with van der Waals surface area (Å²) in [5.41, 5.74) is 3.59. The standard InChI is InChI=1S/C28H28N2O3/c1-20-19-27(30(21(2)31)23-9-5-4-6-10-23)25-11-7-8-12-26(25)29(20)28(32)18-15-22-13-16-24(33-3)17-14-22/h4-18,20,27H,19H2,1-3H3/b18-15+/t20-,27+/m0/s1. The molecule has 2 atom stereocenters. The highest BCUT2D eigenvalue weighted by atomic mass is 16.5. The lowest BCUT2D eigenvalue weighted by Crippen LogP contribution is -2.47. The monoisotopic (exact) mass is 440 g/mol. The molecule has 1 aliphatic heterocycles. The molecule has 0 spiro atoms. The maximum absolute atomic E-state index is 13.3. The van der Waals surface area contributed by atoms with E-state index in [9.17, 15) is 9.59 Å². The summed E-state index contributed by atoms with van der Waals surface area (Å²) < 4.78 is 5.19. The third kappa shape index (κ3) is 4.67. The Morgan fingerprint density at radius 3 is 2.30 bits per heavy atom. The molecular formula is C28H28N2O3. The van der Waals surface area contributed by atoms with E-state index in [4.69, 9.17) is 4.74 Å². The molecule has 0 unspecified atom stereocenters. The molecule has 0 N–H and O–H groups in total. The number of carbonyl (C=O) groups is 2. The molecule has 0 aliphatic carbocycles. The van der Waals surface area contributed by atoms with E-state index < -0.39 is 0 Å². The molecule has 3 aromatic carbocycles. The fourth-order valence-corrected chi connectivity index (χ4v) is 4.49. The number of fused-ring (bicyclic) bond motifs is 1. The topological polar surface area (TPSA) is 49.9 Å². The number of amides is 2. The predicted octanol–water partition coefficient (Wildman–Crippen LogP) is 5.63. The van der Waals surface area contributed by atoms with Gasteiger partial charge in [0.25, 0.3) is 5.91 Å². The smallest absolute Gasteiger partial charge is 0.251 e. The van der Waals surface area contributed by atoms with Crippen molar-refractivity contribution in [3.8, 4) is 5.75 Å². The van der Waals surface area contributed by atoms with E-state index in [1.807, 2.05) is 102 Å². The lowest BCUT2D eigenvalue weighted by molar-refractivity contribution is -0.117. The van der Waals surface area contributed by atoms with Crippen LogP contribution in [0, 0.1) is 0 Å². The Morgan fingerprint density at radius 2 is 1.64 bits per heavy atom. The van der Waals surface area contributed by atoms with Crippen LogP contribution in [0.1, 0.15) is 37.4 Å². The second kappa shape index (κ2) is 9.74. The fourth-order valence-electron chi connectivity index (χ4n) is 4.49. The van der Waals surface area contributed by atoms with Crippen LogP contribution in [-0.4, -0.2) is 25.0 Å². The Morgan fingerprint density at radius 1 is 0.970 bits per heavy atom. The van der Waals surface area contributed by atoms with Gasteiger partial charge in [0.2, 0.25) is 5.91 Å². The third-order valence-corrected chi connectivity index (χ3v) is 6.02. The molecule has 5 nitrogen and oxygen atoms in total. The SMILES string of the molecule is COc1ccc(/C=C/C(=O)N2c3ccccc3[C@H](N(C(C)=O)c3ccccc3)C[C@@H]2C)cc1. The van der Waals surface area contributed by atoms with Gasteiger partial charge in [-0.25, -0.2) is 0 Å². The van der Waals surface area contributed by atoms with Gasteiger partial charge >= 0.3 is 0 Å². The number of methoxy groups -OCH3 is 1. The lowest BCUT2D eigenvalue weighted by atomic mass is 9.89. The Bertz CT molecular complexity index is 1160. The summed E-state index contributed by atoms with van der Waals surface area (Å²) in [5, 5.41) is 0. The van der Waals surface area contributed by atoms with Crippen LogP contribution >= 0.6 is 0 Å². The van der Waals surface area contributed by atoms with Gasteiger partial charge in [-0.1, -0.05) is 48.5 Å². The highest BCUT2D eigenvalue weighted by molar-refractivity contribution is 6.05. The maximum Gasteiger partial charge on any atom is 0.251 e. The lowest BCUT2D eigenvalue weighted by Gasteiger charge is -2.43. The van der Waals surface area contributed by atoms with E-state index in [1.54, 1.807) is 20.1 Å². The van der Waals surface area contributed by atoms with Crippen LogP contribution in [0.15, 0.2) is 84.9 Å². The van der Waals surface area contributed by atoms with Gasteiger partial charge in [-0.05, 0) is 60.9 Å². The summed E-state index contributed by atoms with van der Waals surface area (Å²) in [5.74, 6) is 0.669. The highest BCUT2D eigenvalue weighted by Crippen LogP contribution is 2.42. The summed E-state index contributed by atoms with van der Waals surface area (Å²) >= 11 is 0. The molecule has 0 bridgehead atoms. The van der Waals surface area contributed by atoms with Crippen LogP contribution in [0.4, 0.5) is 11.4 Å². The third-order valence-electron chi connectivity index (χ3n) is 6.02. The van der Waals surface area contributed by atoms with Crippen LogP contribution in [0.3, 0.4) is 0 Å². The highest BCUT2D eigenvalue weighted by Gasteiger charge is 2.37. The number of carbonyl (C=O) groups excluding carboxylic acids is 2. The molecule has 0 saturated heterocycles. The zero-order valence-electron chi connectivity index (χ0n) is 19.1. The van der Waals surface area contributed by atoms with Gasteiger partial charge in [0, 0.05) is 30.4 Å². The van der Waals surface area contributed by atoms with Crippen LogP contribution < -0.4 is 14.5 Å². The van der Waals surface area contributed by atoms with E-state index in [2.05, 4.69) is 0 Å². The molecule has 2 amide bonds. The van der Waals surface area contributed by atoms with Crippen molar-refractivity contribution in [2.24, 2.45) is 0 Å². The van der Waals surface area contributed by atoms with E-state index in [-0.39, 0.29) is 23.9 Å². The van der Waals surface area contributed by atoms with Gasteiger partial charge in [0.15, 0.2) is 0 Å². The van der Waals surface area contributed by atoms with Crippen molar-refractivity contribution < 1.29 is 14.3 Å². The zero-order valence-corrected chi connectivity index (χ0v) is 19.1. The van der Waals surface area contributed by atoms with E-state index in [1.165, 1.54) is 0 Å². The predicted molar refractivity (Wildman–Crippen MR) is 132 cm³/mol. The molecule has 1 heterocycles. The molecule has 0 radical (unpaired) electrons. The van der Waals surface area contributed by atoms with Crippen LogP contribution in [0.2, 0.25) is 0 Å². The normalized spacial score (nSPS) is 17.5. The van der Waals surface area contributed by atoms with E-state index >= 15 is 0 Å². The number of hydrogen-bond acceptors (Lipinski definition) is 3. The second-order valence-electron chi connectivity index (χ2n) is 8.20. The number of anilines is 2.